The fourth-order valence-electron chi connectivity index (χ4n) is 1.50. The van der Waals surface area contributed by atoms with E-state index in [-0.39, 0.29) is 12.5 Å². The van der Waals surface area contributed by atoms with Gasteiger partial charge in [-0.3, -0.25) is 10.1 Å². The van der Waals surface area contributed by atoms with Crippen LogP contribution in [0.1, 0.15) is 5.56 Å². The lowest BCUT2D eigenvalue weighted by molar-refractivity contribution is -0.136. The van der Waals surface area contributed by atoms with Crippen LogP contribution in [0.4, 0.5) is 15.5 Å². The summed E-state index contributed by atoms with van der Waals surface area (Å²) in [7, 11) is 0. The lowest BCUT2D eigenvalue weighted by Gasteiger charge is -2.06. The number of hydrogen-bond acceptors (Lipinski definition) is 3. The highest BCUT2D eigenvalue weighted by molar-refractivity contribution is 7.14. The van der Waals surface area contributed by atoms with Crippen LogP contribution in [0.5, 0.6) is 0 Å². The molecule has 0 radical (unpaired) electrons. The highest BCUT2D eigenvalue weighted by Gasteiger charge is 2.04. The Balaban J connectivity index is 1.92. The van der Waals surface area contributed by atoms with Crippen LogP contribution in [0.2, 0.25) is 0 Å². The summed E-state index contributed by atoms with van der Waals surface area (Å²) in [4.78, 5) is 22.2. The molecule has 1 heterocycles. The maximum Gasteiger partial charge on any atom is 0.324 e. The molecule has 2 aromatic rings. The first-order valence-electron chi connectivity index (χ1n) is 5.56. The first kappa shape index (κ1) is 13.1. The Kier molecular flexibility index (Phi) is 4.15. The molecule has 0 spiro atoms. The molecule has 0 bridgehead atoms. The predicted octanol–water partition coefficient (Wildman–Crippen LogP) is 3.02. The molecule has 0 atom stereocenters. The number of urea groups is 1. The number of carbonyl (C=O) groups is 2. The molecule has 0 saturated heterocycles. The molecule has 0 aliphatic rings. The van der Waals surface area contributed by atoms with E-state index in [9.17, 15) is 9.59 Å². The van der Waals surface area contributed by atoms with Crippen LogP contribution in [0, 0.1) is 0 Å². The summed E-state index contributed by atoms with van der Waals surface area (Å²) < 4.78 is 0. The Morgan fingerprint density at radius 3 is 2.42 bits per heavy atom. The summed E-state index contributed by atoms with van der Waals surface area (Å²) in [6, 6.07) is 10.0. The average molecular weight is 276 g/mol. The van der Waals surface area contributed by atoms with E-state index in [2.05, 4.69) is 10.6 Å². The second kappa shape index (κ2) is 6.01. The van der Waals surface area contributed by atoms with E-state index < -0.39 is 5.97 Å². The van der Waals surface area contributed by atoms with Gasteiger partial charge in [-0.2, -0.15) is 0 Å². The van der Waals surface area contributed by atoms with Gasteiger partial charge in [0, 0.05) is 5.69 Å². The summed E-state index contributed by atoms with van der Waals surface area (Å²) in [6.45, 7) is 0. The largest absolute Gasteiger partial charge is 0.481 e. The second-order valence-corrected chi connectivity index (χ2v) is 4.77. The number of aliphatic carboxylic acids is 1. The Hall–Kier alpha value is -2.34. The lowest BCUT2D eigenvalue weighted by atomic mass is 10.1. The van der Waals surface area contributed by atoms with Gasteiger partial charge in [0.05, 0.1) is 11.4 Å². The molecule has 0 unspecified atom stereocenters. The first-order chi connectivity index (χ1) is 9.13. The zero-order valence-electron chi connectivity index (χ0n) is 9.92. The second-order valence-electron chi connectivity index (χ2n) is 3.82. The van der Waals surface area contributed by atoms with E-state index in [4.69, 9.17) is 5.11 Å². The van der Waals surface area contributed by atoms with Gasteiger partial charge in [0.15, 0.2) is 0 Å². The monoisotopic (exact) mass is 276 g/mol. The van der Waals surface area contributed by atoms with Crippen LogP contribution >= 0.6 is 11.3 Å². The molecule has 0 aliphatic heterocycles. The Labute approximate surface area is 113 Å². The molecule has 6 heteroatoms. The number of carboxylic acids is 1. The van der Waals surface area contributed by atoms with Gasteiger partial charge in [0.2, 0.25) is 0 Å². The molecule has 0 fully saturated rings. The molecule has 2 amide bonds. The zero-order valence-corrected chi connectivity index (χ0v) is 10.7. The van der Waals surface area contributed by atoms with Gasteiger partial charge in [-0.25, -0.2) is 4.79 Å². The van der Waals surface area contributed by atoms with Crippen LogP contribution in [-0.2, 0) is 11.2 Å². The maximum atomic E-state index is 11.6. The summed E-state index contributed by atoms with van der Waals surface area (Å²) in [6.07, 6.45) is -0.0261. The van der Waals surface area contributed by atoms with Crippen LogP contribution in [0.3, 0.4) is 0 Å². The SMILES string of the molecule is O=C(O)Cc1ccc(NC(=O)Nc2cccs2)cc1. The van der Waals surface area contributed by atoms with Crippen LogP contribution in [0.25, 0.3) is 0 Å². The minimum Gasteiger partial charge on any atom is -0.481 e. The number of thiophene rings is 1. The number of amides is 2. The Morgan fingerprint density at radius 1 is 1.11 bits per heavy atom. The van der Waals surface area contributed by atoms with E-state index in [1.807, 2.05) is 11.4 Å². The van der Waals surface area contributed by atoms with Crippen molar-refractivity contribution in [3.63, 3.8) is 0 Å². The fourth-order valence-corrected chi connectivity index (χ4v) is 2.12. The Bertz CT molecular complexity index is 564. The van der Waals surface area contributed by atoms with Crippen molar-refractivity contribution in [3.8, 4) is 0 Å². The molecule has 98 valence electrons. The van der Waals surface area contributed by atoms with Gasteiger partial charge in [0.1, 0.15) is 0 Å². The number of benzene rings is 1. The van der Waals surface area contributed by atoms with E-state index in [1.165, 1.54) is 11.3 Å². The van der Waals surface area contributed by atoms with E-state index in [0.717, 1.165) is 5.00 Å². The van der Waals surface area contributed by atoms with Gasteiger partial charge in [-0.1, -0.05) is 12.1 Å². The number of anilines is 2. The van der Waals surface area contributed by atoms with Crippen molar-refractivity contribution in [2.24, 2.45) is 0 Å². The molecular formula is C13H12N2O3S. The highest BCUT2D eigenvalue weighted by Crippen LogP contribution is 2.16. The molecular weight excluding hydrogens is 264 g/mol. The molecule has 2 rings (SSSR count). The molecule has 0 saturated carbocycles. The van der Waals surface area contributed by atoms with Crippen molar-refractivity contribution in [2.45, 2.75) is 6.42 Å². The van der Waals surface area contributed by atoms with E-state index in [0.29, 0.717) is 11.3 Å². The number of rotatable bonds is 4. The normalized spacial score (nSPS) is 9.89. The Morgan fingerprint density at radius 2 is 1.84 bits per heavy atom. The van der Waals surface area contributed by atoms with Crippen molar-refractivity contribution < 1.29 is 14.7 Å². The number of hydrogen-bond donors (Lipinski definition) is 3. The minimum atomic E-state index is -0.879. The van der Waals surface area contributed by atoms with Crippen molar-refractivity contribution >= 4 is 34.0 Å². The van der Waals surface area contributed by atoms with Crippen molar-refractivity contribution in [2.75, 3.05) is 10.6 Å². The molecule has 3 N–H and O–H groups in total. The maximum absolute atomic E-state index is 11.6. The number of nitrogens with one attached hydrogen (secondary N) is 2. The molecule has 1 aromatic carbocycles. The predicted molar refractivity (Wildman–Crippen MR) is 74.7 cm³/mol. The summed E-state index contributed by atoms with van der Waals surface area (Å²) >= 11 is 1.43. The van der Waals surface area contributed by atoms with Gasteiger partial charge in [-0.15, -0.1) is 11.3 Å². The van der Waals surface area contributed by atoms with Crippen LogP contribution in [0.15, 0.2) is 41.8 Å². The summed E-state index contributed by atoms with van der Waals surface area (Å²) in [5.74, 6) is -0.879. The fraction of sp³-hybridized carbons (Fsp3) is 0.0769. The number of carbonyl (C=O) groups excluding carboxylic acids is 1. The zero-order chi connectivity index (χ0) is 13.7. The van der Waals surface area contributed by atoms with Crippen LogP contribution < -0.4 is 10.6 Å². The highest BCUT2D eigenvalue weighted by atomic mass is 32.1. The number of carboxylic acid groups (broad SMARTS) is 1. The van der Waals surface area contributed by atoms with Gasteiger partial charge >= 0.3 is 12.0 Å². The van der Waals surface area contributed by atoms with Crippen molar-refractivity contribution in [1.29, 1.82) is 0 Å². The topological polar surface area (TPSA) is 78.4 Å². The standard InChI is InChI=1S/C13H12N2O3S/c16-12(17)8-9-3-5-10(6-4-9)14-13(18)15-11-2-1-7-19-11/h1-7H,8H2,(H,16,17)(H2,14,15,18). The summed E-state index contributed by atoms with van der Waals surface area (Å²) in [5.41, 5.74) is 1.31. The third-order valence-electron chi connectivity index (χ3n) is 2.33. The smallest absolute Gasteiger partial charge is 0.324 e. The average Bonchev–Trinajstić information content (AvgIpc) is 2.83. The van der Waals surface area contributed by atoms with Crippen LogP contribution in [-0.4, -0.2) is 17.1 Å². The molecule has 1 aromatic heterocycles. The van der Waals surface area contributed by atoms with Gasteiger partial charge in [-0.05, 0) is 35.2 Å². The first-order valence-corrected chi connectivity index (χ1v) is 6.44. The lowest BCUT2D eigenvalue weighted by Crippen LogP contribution is -2.18. The van der Waals surface area contributed by atoms with E-state index >= 15 is 0 Å². The van der Waals surface area contributed by atoms with Crippen molar-refractivity contribution in [1.82, 2.24) is 0 Å². The summed E-state index contributed by atoms with van der Waals surface area (Å²) in [5, 5.41) is 16.6. The van der Waals surface area contributed by atoms with Gasteiger partial charge in [0.25, 0.3) is 0 Å². The third kappa shape index (κ3) is 4.11. The van der Waals surface area contributed by atoms with Gasteiger partial charge < -0.3 is 10.4 Å². The molecule has 19 heavy (non-hydrogen) atoms. The van der Waals surface area contributed by atoms with E-state index in [1.54, 1.807) is 30.3 Å². The third-order valence-corrected chi connectivity index (χ3v) is 3.11. The molecule has 0 aliphatic carbocycles. The quantitative estimate of drug-likeness (QED) is 0.803. The molecule has 5 nitrogen and oxygen atoms in total. The van der Waals surface area contributed by atoms with Crippen molar-refractivity contribution in [3.05, 3.63) is 47.3 Å². The minimum absolute atomic E-state index is 0.0261.